The molecule has 0 amide bonds. The summed E-state index contributed by atoms with van der Waals surface area (Å²) in [6, 6.07) is 8.40. The van der Waals surface area contributed by atoms with E-state index < -0.39 is 36.4 Å². The lowest BCUT2D eigenvalue weighted by atomic mass is 9.89. The first-order valence-corrected chi connectivity index (χ1v) is 13.5. The van der Waals surface area contributed by atoms with Crippen molar-refractivity contribution in [3.05, 3.63) is 52.5 Å². The zero-order valence-corrected chi connectivity index (χ0v) is 23.8. The van der Waals surface area contributed by atoms with E-state index in [1.165, 1.54) is 5.56 Å². The summed E-state index contributed by atoms with van der Waals surface area (Å²) in [7, 11) is 0. The average Bonchev–Trinajstić information content (AvgIpc) is 3.44. The van der Waals surface area contributed by atoms with Crippen molar-refractivity contribution in [1.82, 2.24) is 14.8 Å². The van der Waals surface area contributed by atoms with Gasteiger partial charge in [-0.2, -0.15) is 50.9 Å². The SMILES string of the molecule is O=C(O)C(F)(F)F.O=C(O)C(F)(F)F.O=C(O)C(F)(F)F.c1ccc(CN2CCOC3(CCN(Cc4ccsc4)CC3)C2)nc1. The molecule has 0 radical (unpaired) electrons. The molecule has 45 heavy (non-hydrogen) atoms. The number of halogens is 9. The molecule has 10 nitrogen and oxygen atoms in total. The highest BCUT2D eigenvalue weighted by atomic mass is 32.1. The van der Waals surface area contributed by atoms with Crippen LogP contribution in [0.1, 0.15) is 24.1 Å². The molecular formula is C25H28F9N3O7S. The molecule has 2 aromatic rings. The number of carboxylic acids is 3. The normalized spacial score (nSPS) is 17.0. The molecule has 2 saturated heterocycles. The quantitative estimate of drug-likeness (QED) is 0.381. The van der Waals surface area contributed by atoms with Crippen molar-refractivity contribution in [2.24, 2.45) is 0 Å². The van der Waals surface area contributed by atoms with Crippen molar-refractivity contribution in [2.75, 3.05) is 32.8 Å². The van der Waals surface area contributed by atoms with Gasteiger partial charge in [-0.15, -0.1) is 0 Å². The summed E-state index contributed by atoms with van der Waals surface area (Å²) in [5.41, 5.74) is 2.65. The Kier molecular flexibility index (Phi) is 15.2. The number of aromatic nitrogens is 1. The summed E-state index contributed by atoms with van der Waals surface area (Å²) >= 11 is 1.79. The van der Waals surface area contributed by atoms with E-state index in [4.69, 9.17) is 34.4 Å². The summed E-state index contributed by atoms with van der Waals surface area (Å²) < 4.78 is 101. The van der Waals surface area contributed by atoms with Crippen LogP contribution in [0, 0.1) is 0 Å². The maximum Gasteiger partial charge on any atom is 0.490 e. The number of rotatable bonds is 4. The second-order valence-electron chi connectivity index (χ2n) is 9.38. The number of alkyl halides is 9. The Balaban J connectivity index is 0.000000396. The number of hydrogen-bond acceptors (Lipinski definition) is 8. The van der Waals surface area contributed by atoms with Gasteiger partial charge in [0.15, 0.2) is 0 Å². The summed E-state index contributed by atoms with van der Waals surface area (Å²) in [4.78, 5) is 36.2. The van der Waals surface area contributed by atoms with Crippen molar-refractivity contribution in [2.45, 2.75) is 50.1 Å². The van der Waals surface area contributed by atoms with Crippen LogP contribution in [0.4, 0.5) is 39.5 Å². The highest BCUT2D eigenvalue weighted by Crippen LogP contribution is 2.31. The maximum absolute atomic E-state index is 10.6. The van der Waals surface area contributed by atoms with Gasteiger partial charge in [-0.3, -0.25) is 14.8 Å². The highest BCUT2D eigenvalue weighted by Gasteiger charge is 2.40. The largest absolute Gasteiger partial charge is 0.490 e. The van der Waals surface area contributed by atoms with Gasteiger partial charge in [0.05, 0.1) is 17.9 Å². The molecule has 4 heterocycles. The second kappa shape index (κ2) is 17.3. The van der Waals surface area contributed by atoms with Gasteiger partial charge in [0.2, 0.25) is 0 Å². The Labute approximate surface area is 253 Å². The molecular weight excluding hydrogens is 657 g/mol. The summed E-state index contributed by atoms with van der Waals surface area (Å²) in [5, 5.41) is 25.8. The number of carboxylic acid groups (broad SMARTS) is 3. The van der Waals surface area contributed by atoms with E-state index in [9.17, 15) is 39.5 Å². The van der Waals surface area contributed by atoms with Gasteiger partial charge in [0.25, 0.3) is 0 Å². The van der Waals surface area contributed by atoms with Crippen molar-refractivity contribution in [3.63, 3.8) is 0 Å². The van der Waals surface area contributed by atoms with Crippen LogP contribution in [-0.2, 0) is 32.2 Å². The zero-order valence-electron chi connectivity index (χ0n) is 23.0. The van der Waals surface area contributed by atoms with E-state index in [2.05, 4.69) is 43.7 Å². The molecule has 3 N–H and O–H groups in total. The first-order chi connectivity index (χ1) is 20.6. The standard InChI is InChI=1S/C19H25N3OS.3C2HF3O2/c1-2-7-20-18(3-1)14-22-10-11-23-19(16-22)5-8-21(9-6-19)13-17-4-12-24-15-17;3*3-2(4,5)1(6)7/h1-4,7,12,15H,5-6,8-11,13-14,16H2;3*(H,6,7). The Bertz CT molecular complexity index is 1130. The minimum Gasteiger partial charge on any atom is -0.475 e. The molecule has 254 valence electrons. The van der Waals surface area contributed by atoms with Gasteiger partial charge in [-0.1, -0.05) is 6.07 Å². The van der Waals surface area contributed by atoms with Crippen LogP contribution in [-0.4, -0.2) is 105 Å². The van der Waals surface area contributed by atoms with Crippen LogP contribution in [0.3, 0.4) is 0 Å². The number of likely N-dealkylation sites (tertiary alicyclic amines) is 1. The van der Waals surface area contributed by atoms with Gasteiger partial charge in [0.1, 0.15) is 0 Å². The molecule has 1 spiro atoms. The number of nitrogens with zero attached hydrogens (tertiary/aromatic N) is 3. The van der Waals surface area contributed by atoms with E-state index in [-0.39, 0.29) is 5.60 Å². The predicted molar refractivity (Wildman–Crippen MR) is 138 cm³/mol. The molecule has 0 aromatic carbocycles. The topological polar surface area (TPSA) is 140 Å². The van der Waals surface area contributed by atoms with Crippen LogP contribution in [0.5, 0.6) is 0 Å². The van der Waals surface area contributed by atoms with Crippen LogP contribution in [0.15, 0.2) is 41.2 Å². The molecule has 2 aromatic heterocycles. The number of ether oxygens (including phenoxy) is 1. The van der Waals surface area contributed by atoms with E-state index in [0.29, 0.717) is 0 Å². The molecule has 2 aliphatic rings. The fraction of sp³-hybridized carbons (Fsp3) is 0.520. The Morgan fingerprint density at radius 1 is 0.800 bits per heavy atom. The zero-order chi connectivity index (χ0) is 34.5. The van der Waals surface area contributed by atoms with Crippen molar-refractivity contribution < 1.29 is 74.0 Å². The molecule has 20 heteroatoms. The lowest BCUT2D eigenvalue weighted by Gasteiger charge is -2.47. The third kappa shape index (κ3) is 15.9. The lowest BCUT2D eigenvalue weighted by molar-refractivity contribution is -0.193. The average molecular weight is 686 g/mol. The maximum atomic E-state index is 10.6. The third-order valence-electron chi connectivity index (χ3n) is 5.92. The van der Waals surface area contributed by atoms with E-state index in [1.807, 2.05) is 12.3 Å². The number of morpholine rings is 1. The Hall–Kier alpha value is -3.49. The van der Waals surface area contributed by atoms with Gasteiger partial charge >= 0.3 is 36.4 Å². The Morgan fingerprint density at radius 2 is 1.31 bits per heavy atom. The third-order valence-corrected chi connectivity index (χ3v) is 6.65. The molecule has 0 unspecified atom stereocenters. The number of carbonyl (C=O) groups is 3. The van der Waals surface area contributed by atoms with Gasteiger partial charge in [-0.25, -0.2) is 14.4 Å². The number of piperidine rings is 1. The smallest absolute Gasteiger partial charge is 0.475 e. The lowest BCUT2D eigenvalue weighted by Crippen LogP contribution is -2.56. The van der Waals surface area contributed by atoms with Gasteiger partial charge in [-0.05, 0) is 47.4 Å². The van der Waals surface area contributed by atoms with Crippen molar-refractivity contribution in [3.8, 4) is 0 Å². The fourth-order valence-corrected chi connectivity index (χ4v) is 4.50. The number of pyridine rings is 1. The monoisotopic (exact) mass is 685 g/mol. The number of hydrogen-bond donors (Lipinski definition) is 3. The van der Waals surface area contributed by atoms with Crippen LogP contribution < -0.4 is 0 Å². The summed E-state index contributed by atoms with van der Waals surface area (Å²) in [6.45, 7) is 7.17. The predicted octanol–water partition coefficient (Wildman–Crippen LogP) is 4.91. The van der Waals surface area contributed by atoms with Crippen LogP contribution in [0.25, 0.3) is 0 Å². The molecule has 0 atom stereocenters. The fourth-order valence-electron chi connectivity index (χ4n) is 3.84. The highest BCUT2D eigenvalue weighted by molar-refractivity contribution is 7.07. The first-order valence-electron chi connectivity index (χ1n) is 12.5. The van der Waals surface area contributed by atoms with E-state index >= 15 is 0 Å². The summed E-state index contributed by atoms with van der Waals surface area (Å²) in [6.07, 6.45) is -11.1. The minimum atomic E-state index is -5.08. The van der Waals surface area contributed by atoms with Crippen molar-refractivity contribution in [1.29, 1.82) is 0 Å². The molecule has 2 fully saturated rings. The first kappa shape index (κ1) is 39.5. The Morgan fingerprint density at radius 3 is 1.71 bits per heavy atom. The molecule has 0 bridgehead atoms. The van der Waals surface area contributed by atoms with Gasteiger partial charge in [0, 0.05) is 45.5 Å². The van der Waals surface area contributed by atoms with E-state index in [1.54, 1.807) is 11.3 Å². The minimum absolute atomic E-state index is 0.0537. The number of thiophene rings is 1. The van der Waals surface area contributed by atoms with Crippen LogP contribution >= 0.6 is 11.3 Å². The molecule has 4 rings (SSSR count). The summed E-state index contributed by atoms with van der Waals surface area (Å²) in [5.74, 6) is -8.27. The van der Waals surface area contributed by atoms with Gasteiger partial charge < -0.3 is 20.1 Å². The molecule has 0 saturated carbocycles. The molecule has 2 aliphatic heterocycles. The van der Waals surface area contributed by atoms with Crippen molar-refractivity contribution >= 4 is 29.2 Å². The number of aliphatic carboxylic acids is 3. The molecule has 0 aliphatic carbocycles. The van der Waals surface area contributed by atoms with E-state index in [0.717, 1.165) is 64.4 Å². The second-order valence-corrected chi connectivity index (χ2v) is 10.2. The van der Waals surface area contributed by atoms with Crippen LogP contribution in [0.2, 0.25) is 0 Å².